The number of ether oxygens (including phenoxy) is 3. The second kappa shape index (κ2) is 13.2. The summed E-state index contributed by atoms with van der Waals surface area (Å²) in [7, 11) is 3.01. The minimum atomic E-state index is -0.316. The number of methoxy groups -OCH3 is 2. The molecule has 1 aliphatic rings. The van der Waals surface area contributed by atoms with Crippen LogP contribution in [-0.2, 0) is 4.79 Å². The summed E-state index contributed by atoms with van der Waals surface area (Å²) in [5, 5.41) is 7.97. The monoisotopic (exact) mass is 632 g/mol. The van der Waals surface area contributed by atoms with Crippen molar-refractivity contribution in [3.05, 3.63) is 86.4 Å². The van der Waals surface area contributed by atoms with Crippen molar-refractivity contribution in [1.82, 2.24) is 9.66 Å². The Hall–Kier alpha value is -4.18. The van der Waals surface area contributed by atoms with Gasteiger partial charge in [-0.25, -0.2) is 4.98 Å². The minimum Gasteiger partial charge on any atom is -0.493 e. The molecule has 1 fully saturated rings. The number of halogens is 1. The minimum absolute atomic E-state index is 0.155. The number of carbonyl (C=O) groups excluding carboxylic acids is 1. The highest BCUT2D eigenvalue weighted by Crippen LogP contribution is 2.38. The van der Waals surface area contributed by atoms with Crippen LogP contribution in [0.2, 0.25) is 0 Å². The molecule has 1 saturated carbocycles. The van der Waals surface area contributed by atoms with Gasteiger partial charge in [0.25, 0.3) is 11.5 Å². The van der Waals surface area contributed by atoms with E-state index in [0.717, 1.165) is 41.4 Å². The first-order chi connectivity index (χ1) is 20.4. The molecule has 1 amide bonds. The molecule has 0 unspecified atom stereocenters. The van der Waals surface area contributed by atoms with Gasteiger partial charge in [-0.15, -0.1) is 0 Å². The van der Waals surface area contributed by atoms with Crippen molar-refractivity contribution < 1.29 is 19.0 Å². The number of carbonyl (C=O) groups is 1. The number of rotatable bonds is 9. The van der Waals surface area contributed by atoms with Gasteiger partial charge < -0.3 is 19.5 Å². The van der Waals surface area contributed by atoms with Crippen molar-refractivity contribution in [2.45, 2.75) is 44.9 Å². The highest BCUT2D eigenvalue weighted by molar-refractivity contribution is 9.10. The van der Waals surface area contributed by atoms with Crippen molar-refractivity contribution in [3.63, 3.8) is 0 Å². The van der Waals surface area contributed by atoms with Crippen LogP contribution in [0.5, 0.6) is 17.2 Å². The molecule has 3 aromatic carbocycles. The molecular weight excluding hydrogens is 600 g/mol. The number of anilines is 1. The van der Waals surface area contributed by atoms with Gasteiger partial charge in [0.15, 0.2) is 18.1 Å². The molecule has 1 aliphatic carbocycles. The van der Waals surface area contributed by atoms with Crippen LogP contribution >= 0.6 is 15.9 Å². The van der Waals surface area contributed by atoms with E-state index in [0.29, 0.717) is 33.8 Å². The third kappa shape index (κ3) is 6.49. The van der Waals surface area contributed by atoms with Crippen molar-refractivity contribution in [2.75, 3.05) is 26.1 Å². The molecule has 218 valence electrons. The number of nitrogens with one attached hydrogen (secondary N) is 1. The Morgan fingerprint density at radius 3 is 2.48 bits per heavy atom. The van der Waals surface area contributed by atoms with Gasteiger partial charge in [0.2, 0.25) is 5.75 Å². The number of hydrogen-bond acceptors (Lipinski definition) is 7. The second-order valence-electron chi connectivity index (χ2n) is 10.2. The van der Waals surface area contributed by atoms with Crippen molar-refractivity contribution in [1.29, 1.82) is 0 Å². The molecule has 4 aromatic rings. The fourth-order valence-corrected chi connectivity index (χ4v) is 5.54. The molecule has 0 saturated heterocycles. The molecule has 9 nitrogen and oxygen atoms in total. The van der Waals surface area contributed by atoms with E-state index < -0.39 is 0 Å². The first-order valence-electron chi connectivity index (χ1n) is 13.9. The summed E-state index contributed by atoms with van der Waals surface area (Å²) in [6.45, 7) is 1.68. The normalized spacial score (nSPS) is 13.8. The number of aromatic nitrogens is 2. The average Bonchev–Trinajstić information content (AvgIpc) is 3.01. The first kappa shape index (κ1) is 29.3. The predicted molar refractivity (Wildman–Crippen MR) is 167 cm³/mol. The summed E-state index contributed by atoms with van der Waals surface area (Å²) in [6.07, 6.45) is 6.90. The number of nitrogens with zero attached hydrogens (tertiary/aromatic N) is 3. The summed E-state index contributed by atoms with van der Waals surface area (Å²) < 4.78 is 19.2. The Morgan fingerprint density at radius 2 is 1.79 bits per heavy atom. The van der Waals surface area contributed by atoms with E-state index in [1.807, 2.05) is 43.3 Å². The van der Waals surface area contributed by atoms with Gasteiger partial charge in [0, 0.05) is 21.6 Å². The Kier molecular flexibility index (Phi) is 9.22. The molecular formula is C32H33BrN4O5. The van der Waals surface area contributed by atoms with E-state index >= 15 is 0 Å². The zero-order chi connectivity index (χ0) is 29.6. The smallest absolute Gasteiger partial charge is 0.282 e. The van der Waals surface area contributed by atoms with Gasteiger partial charge in [-0.2, -0.15) is 9.78 Å². The van der Waals surface area contributed by atoms with Gasteiger partial charge in [-0.3, -0.25) is 9.59 Å². The van der Waals surface area contributed by atoms with Gasteiger partial charge in [0.05, 0.1) is 31.3 Å². The third-order valence-corrected chi connectivity index (χ3v) is 7.87. The fraction of sp³-hybridized carbons (Fsp3) is 0.312. The Morgan fingerprint density at radius 1 is 1.07 bits per heavy atom. The molecule has 5 rings (SSSR count). The van der Waals surface area contributed by atoms with Crippen molar-refractivity contribution >= 4 is 44.6 Å². The number of amides is 1. The lowest BCUT2D eigenvalue weighted by molar-refractivity contribution is -0.118. The van der Waals surface area contributed by atoms with Crippen LogP contribution in [0, 0.1) is 6.92 Å². The molecule has 10 heteroatoms. The van der Waals surface area contributed by atoms with E-state index in [-0.39, 0.29) is 29.7 Å². The van der Waals surface area contributed by atoms with Crippen LogP contribution < -0.4 is 25.1 Å². The number of fused-ring (bicyclic) bond motifs is 1. The number of hydrogen-bond donors (Lipinski definition) is 1. The summed E-state index contributed by atoms with van der Waals surface area (Å²) in [5.74, 6) is 1.52. The molecule has 0 bridgehead atoms. The van der Waals surface area contributed by atoms with E-state index in [4.69, 9.17) is 19.2 Å². The summed E-state index contributed by atoms with van der Waals surface area (Å²) in [6, 6.07) is 16.5. The molecule has 0 aliphatic heterocycles. The highest BCUT2D eigenvalue weighted by atomic mass is 79.9. The van der Waals surface area contributed by atoms with Gasteiger partial charge in [0.1, 0.15) is 5.82 Å². The van der Waals surface area contributed by atoms with E-state index in [1.54, 1.807) is 24.4 Å². The van der Waals surface area contributed by atoms with Crippen LogP contribution in [0.1, 0.15) is 55.0 Å². The van der Waals surface area contributed by atoms with Gasteiger partial charge in [-0.05, 0) is 61.7 Å². The van der Waals surface area contributed by atoms with Crippen LogP contribution in [0.4, 0.5) is 5.69 Å². The van der Waals surface area contributed by atoms with E-state index in [2.05, 4.69) is 26.3 Å². The lowest BCUT2D eigenvalue weighted by Gasteiger charge is -2.22. The molecule has 0 atom stereocenters. The van der Waals surface area contributed by atoms with Gasteiger partial charge in [-0.1, -0.05) is 53.4 Å². The third-order valence-electron chi connectivity index (χ3n) is 7.38. The Bertz CT molecular complexity index is 1670. The standard InChI is InChI=1S/C32H33BrN4O5/c1-20-9-7-8-12-25(20)35-29(38)19-42-30-27(40-2)15-21(16-28(30)41-3)18-34-37-31(22-10-5-4-6-11-22)36-26-14-13-23(33)17-24(26)32(37)39/h7-9,12-18,22H,4-6,10-11,19H2,1-3H3,(H,35,38). The predicted octanol–water partition coefficient (Wildman–Crippen LogP) is 6.43. The largest absolute Gasteiger partial charge is 0.493 e. The molecule has 0 spiro atoms. The topological polar surface area (TPSA) is 104 Å². The molecule has 1 heterocycles. The van der Waals surface area contributed by atoms with Crippen molar-refractivity contribution in [3.8, 4) is 17.2 Å². The SMILES string of the molecule is COc1cc(C=Nn2c(C3CCCCC3)nc3ccc(Br)cc3c2=O)cc(OC)c1OCC(=O)Nc1ccccc1C. The van der Waals surface area contributed by atoms with Crippen LogP contribution in [0.3, 0.4) is 0 Å². The lowest BCUT2D eigenvalue weighted by atomic mass is 9.88. The molecule has 0 radical (unpaired) electrons. The van der Waals surface area contributed by atoms with E-state index in [1.165, 1.54) is 25.3 Å². The van der Waals surface area contributed by atoms with Gasteiger partial charge >= 0.3 is 0 Å². The summed E-state index contributed by atoms with van der Waals surface area (Å²) in [5.41, 5.74) is 2.72. The summed E-state index contributed by atoms with van der Waals surface area (Å²) >= 11 is 3.46. The van der Waals surface area contributed by atoms with Crippen LogP contribution in [-0.4, -0.2) is 42.6 Å². The average molecular weight is 634 g/mol. The maximum atomic E-state index is 13.6. The van der Waals surface area contributed by atoms with Crippen LogP contribution in [0.25, 0.3) is 10.9 Å². The Balaban J connectivity index is 1.44. The second-order valence-corrected chi connectivity index (χ2v) is 11.1. The van der Waals surface area contributed by atoms with E-state index in [9.17, 15) is 9.59 Å². The van der Waals surface area contributed by atoms with Crippen molar-refractivity contribution in [2.24, 2.45) is 5.10 Å². The fourth-order valence-electron chi connectivity index (χ4n) is 5.18. The maximum absolute atomic E-state index is 13.6. The first-order valence-corrected chi connectivity index (χ1v) is 14.7. The number of aryl methyl sites for hydroxylation is 1. The molecule has 1 aromatic heterocycles. The highest BCUT2D eigenvalue weighted by Gasteiger charge is 2.23. The lowest BCUT2D eigenvalue weighted by Crippen LogP contribution is -2.25. The number of para-hydroxylation sites is 1. The maximum Gasteiger partial charge on any atom is 0.282 e. The Labute approximate surface area is 252 Å². The quantitative estimate of drug-likeness (QED) is 0.213. The molecule has 42 heavy (non-hydrogen) atoms. The summed E-state index contributed by atoms with van der Waals surface area (Å²) in [4.78, 5) is 31.1. The zero-order valence-corrected chi connectivity index (χ0v) is 25.4. The molecule has 1 N–H and O–H groups in total. The zero-order valence-electron chi connectivity index (χ0n) is 23.9. The number of benzene rings is 3. The van der Waals surface area contributed by atoms with Crippen LogP contribution in [0.15, 0.2) is 69.0 Å².